The van der Waals surface area contributed by atoms with Gasteiger partial charge in [-0.05, 0) is 24.6 Å². The first-order valence-electron chi connectivity index (χ1n) is 10.6. The number of benzene rings is 1. The lowest BCUT2D eigenvalue weighted by Crippen LogP contribution is -2.06. The van der Waals surface area contributed by atoms with E-state index in [-0.39, 0.29) is 10.6 Å². The molecule has 0 fully saturated rings. The van der Waals surface area contributed by atoms with Gasteiger partial charge in [0.15, 0.2) is 9.84 Å². The van der Waals surface area contributed by atoms with Crippen LogP contribution in [0.3, 0.4) is 0 Å². The minimum atomic E-state index is -3.26. The van der Waals surface area contributed by atoms with Gasteiger partial charge in [0.05, 0.1) is 20.7 Å². The van der Waals surface area contributed by atoms with Crippen molar-refractivity contribution in [2.24, 2.45) is 0 Å². The molecule has 0 aliphatic carbocycles. The average Bonchev–Trinajstić information content (AvgIpc) is 2.64. The smallest absolute Gasteiger partial charge is 0.178 e. The number of halogens is 2. The highest BCUT2D eigenvalue weighted by atomic mass is 35.5. The Morgan fingerprint density at radius 2 is 1.11 bits per heavy atom. The van der Waals surface area contributed by atoms with E-state index in [1.807, 2.05) is 0 Å². The van der Waals surface area contributed by atoms with E-state index >= 15 is 0 Å². The zero-order chi connectivity index (χ0) is 20.0. The molecule has 0 spiro atoms. The van der Waals surface area contributed by atoms with Gasteiger partial charge >= 0.3 is 0 Å². The molecule has 156 valence electrons. The molecule has 0 aliphatic heterocycles. The first-order valence-corrected chi connectivity index (χ1v) is 13.1. The lowest BCUT2D eigenvalue weighted by atomic mass is 10.0. The van der Waals surface area contributed by atoms with Crippen molar-refractivity contribution in [1.82, 2.24) is 0 Å². The van der Waals surface area contributed by atoms with Crippen molar-refractivity contribution in [3.63, 3.8) is 0 Å². The molecule has 0 heterocycles. The van der Waals surface area contributed by atoms with Crippen molar-refractivity contribution < 1.29 is 8.42 Å². The standard InChI is InChI=1S/C22H36Cl2O2S/c1-2-3-4-5-6-7-8-9-10-11-12-13-14-15-18-27(25,26)20-16-17-21(23)22(24)19-20/h16-17,19H,2-15,18H2,1H3. The molecule has 0 amide bonds. The van der Waals surface area contributed by atoms with Crippen molar-refractivity contribution in [2.45, 2.75) is 102 Å². The quantitative estimate of drug-likeness (QED) is 0.245. The Morgan fingerprint density at radius 1 is 0.667 bits per heavy atom. The zero-order valence-corrected chi connectivity index (χ0v) is 19.1. The maximum absolute atomic E-state index is 12.3. The second-order valence-electron chi connectivity index (χ2n) is 7.49. The van der Waals surface area contributed by atoms with E-state index in [1.165, 1.54) is 82.8 Å². The van der Waals surface area contributed by atoms with Crippen LogP contribution < -0.4 is 0 Å². The van der Waals surface area contributed by atoms with Crippen LogP contribution in [0.5, 0.6) is 0 Å². The molecule has 5 heteroatoms. The van der Waals surface area contributed by atoms with Crippen molar-refractivity contribution in [2.75, 3.05) is 5.75 Å². The Morgan fingerprint density at radius 3 is 1.56 bits per heavy atom. The van der Waals surface area contributed by atoms with E-state index in [9.17, 15) is 8.42 Å². The maximum atomic E-state index is 12.3. The molecule has 0 atom stereocenters. The molecular weight excluding hydrogens is 399 g/mol. The van der Waals surface area contributed by atoms with Gasteiger partial charge in [0.1, 0.15) is 0 Å². The number of rotatable bonds is 16. The van der Waals surface area contributed by atoms with Gasteiger partial charge in [-0.25, -0.2) is 8.42 Å². The van der Waals surface area contributed by atoms with Gasteiger partial charge in [0.25, 0.3) is 0 Å². The molecule has 0 N–H and O–H groups in total. The third-order valence-electron chi connectivity index (χ3n) is 5.02. The Balaban J connectivity index is 2.00. The molecule has 1 aromatic carbocycles. The summed E-state index contributed by atoms with van der Waals surface area (Å²) < 4.78 is 24.6. The minimum Gasteiger partial charge on any atom is -0.224 e. The van der Waals surface area contributed by atoms with Crippen LogP contribution in [-0.2, 0) is 9.84 Å². The van der Waals surface area contributed by atoms with Crippen LogP contribution in [0.15, 0.2) is 23.1 Å². The van der Waals surface area contributed by atoms with Gasteiger partial charge in [0.2, 0.25) is 0 Å². The van der Waals surface area contributed by atoms with Crippen LogP contribution >= 0.6 is 23.2 Å². The average molecular weight is 436 g/mol. The summed E-state index contributed by atoms with van der Waals surface area (Å²) in [6.07, 6.45) is 17.6. The van der Waals surface area contributed by atoms with Crippen molar-refractivity contribution in [1.29, 1.82) is 0 Å². The topological polar surface area (TPSA) is 34.1 Å². The van der Waals surface area contributed by atoms with Crippen LogP contribution in [0.25, 0.3) is 0 Å². The maximum Gasteiger partial charge on any atom is 0.178 e. The summed E-state index contributed by atoms with van der Waals surface area (Å²) in [4.78, 5) is 0.270. The van der Waals surface area contributed by atoms with E-state index in [1.54, 1.807) is 6.07 Å². The zero-order valence-electron chi connectivity index (χ0n) is 16.8. The molecule has 0 aliphatic rings. The van der Waals surface area contributed by atoms with Gasteiger partial charge in [-0.3, -0.25) is 0 Å². The summed E-state index contributed by atoms with van der Waals surface area (Å²) >= 11 is 11.8. The summed E-state index contributed by atoms with van der Waals surface area (Å²) in [6, 6.07) is 4.53. The second-order valence-corrected chi connectivity index (χ2v) is 10.4. The molecule has 2 nitrogen and oxygen atoms in total. The van der Waals surface area contributed by atoms with Crippen molar-refractivity contribution in [3.8, 4) is 0 Å². The SMILES string of the molecule is CCCCCCCCCCCCCCCCS(=O)(=O)c1ccc(Cl)c(Cl)c1. The number of hydrogen-bond donors (Lipinski definition) is 0. The highest BCUT2D eigenvalue weighted by Gasteiger charge is 2.15. The Bertz CT molecular complexity index is 615. The van der Waals surface area contributed by atoms with Crippen LogP contribution in [-0.4, -0.2) is 14.2 Å². The molecule has 0 aromatic heterocycles. The predicted octanol–water partition coefficient (Wildman–Crippen LogP) is 8.25. The molecule has 27 heavy (non-hydrogen) atoms. The summed E-state index contributed by atoms with van der Waals surface area (Å²) in [7, 11) is -3.26. The fourth-order valence-electron chi connectivity index (χ4n) is 3.27. The fraction of sp³-hybridized carbons (Fsp3) is 0.727. The van der Waals surface area contributed by atoms with Crippen LogP contribution in [0, 0.1) is 0 Å². The summed E-state index contributed by atoms with van der Waals surface area (Å²) in [6.45, 7) is 2.26. The van der Waals surface area contributed by atoms with E-state index in [0.29, 0.717) is 16.5 Å². The number of hydrogen-bond acceptors (Lipinski definition) is 2. The van der Waals surface area contributed by atoms with Gasteiger partial charge in [-0.1, -0.05) is 114 Å². The van der Waals surface area contributed by atoms with Gasteiger partial charge < -0.3 is 0 Å². The normalized spacial score (nSPS) is 11.8. The van der Waals surface area contributed by atoms with Crippen LogP contribution in [0.2, 0.25) is 10.0 Å². The van der Waals surface area contributed by atoms with E-state index in [0.717, 1.165) is 12.8 Å². The molecule has 1 rings (SSSR count). The summed E-state index contributed by atoms with van der Waals surface area (Å²) in [5.74, 6) is 0.184. The fourth-order valence-corrected chi connectivity index (χ4v) is 5.03. The lowest BCUT2D eigenvalue weighted by molar-refractivity contribution is 0.537. The molecule has 0 saturated carbocycles. The van der Waals surface area contributed by atoms with E-state index in [2.05, 4.69) is 6.92 Å². The Hall–Kier alpha value is -0.250. The third kappa shape index (κ3) is 11.4. The predicted molar refractivity (Wildman–Crippen MR) is 119 cm³/mol. The van der Waals surface area contributed by atoms with Crippen LogP contribution in [0.4, 0.5) is 0 Å². The molecule has 0 bridgehead atoms. The van der Waals surface area contributed by atoms with Gasteiger partial charge in [-0.2, -0.15) is 0 Å². The largest absolute Gasteiger partial charge is 0.224 e. The van der Waals surface area contributed by atoms with Gasteiger partial charge in [-0.15, -0.1) is 0 Å². The highest BCUT2D eigenvalue weighted by Crippen LogP contribution is 2.25. The Labute approximate surface area is 177 Å². The lowest BCUT2D eigenvalue weighted by Gasteiger charge is -2.06. The molecule has 1 aromatic rings. The summed E-state index contributed by atoms with van der Waals surface area (Å²) in [5, 5.41) is 0.672. The molecular formula is C22H36Cl2O2S. The van der Waals surface area contributed by atoms with E-state index < -0.39 is 9.84 Å². The first kappa shape index (κ1) is 24.8. The monoisotopic (exact) mass is 434 g/mol. The Kier molecular flexibility index (Phi) is 13.5. The van der Waals surface area contributed by atoms with Crippen molar-refractivity contribution in [3.05, 3.63) is 28.2 Å². The second kappa shape index (κ2) is 14.7. The van der Waals surface area contributed by atoms with Crippen molar-refractivity contribution >= 4 is 33.0 Å². The molecule has 0 saturated heterocycles. The first-order chi connectivity index (χ1) is 13.0. The van der Waals surface area contributed by atoms with E-state index in [4.69, 9.17) is 23.2 Å². The van der Waals surface area contributed by atoms with Crippen LogP contribution in [0.1, 0.15) is 96.8 Å². The highest BCUT2D eigenvalue weighted by molar-refractivity contribution is 7.91. The number of unbranched alkanes of at least 4 members (excludes halogenated alkanes) is 13. The molecule has 0 unspecified atom stereocenters. The third-order valence-corrected chi connectivity index (χ3v) is 7.55. The number of sulfone groups is 1. The van der Waals surface area contributed by atoms with Gasteiger partial charge in [0, 0.05) is 0 Å². The summed E-state index contributed by atoms with van der Waals surface area (Å²) in [5.41, 5.74) is 0. The molecule has 0 radical (unpaired) electrons. The minimum absolute atomic E-state index is 0.184.